The molecule has 8 nitrogen and oxygen atoms in total. The van der Waals surface area contributed by atoms with Gasteiger partial charge in [0, 0.05) is 0 Å². The molecule has 0 radical (unpaired) electrons. The molecule has 2 aromatic rings. The zero-order valence-corrected chi connectivity index (χ0v) is 20.8. The van der Waals surface area contributed by atoms with Crippen LogP contribution in [0, 0.1) is 6.92 Å². The molecule has 0 amide bonds. The first-order chi connectivity index (χ1) is 16.9. The lowest BCUT2D eigenvalue weighted by molar-refractivity contribution is -0.143. The molecule has 1 aliphatic rings. The van der Waals surface area contributed by atoms with Crippen molar-refractivity contribution < 1.29 is 33.6 Å². The number of thioether (sulfide) groups is 1. The number of hydrogen-bond acceptors (Lipinski definition) is 9. The number of aliphatic imine (C=N–C) groups is 1. The van der Waals surface area contributed by atoms with Crippen LogP contribution in [0.1, 0.15) is 25.0 Å². The molecule has 184 valence electrons. The minimum atomic E-state index is -0.645. The molecule has 0 aliphatic carbocycles. The summed E-state index contributed by atoms with van der Waals surface area (Å²) < 4.78 is 20.9. The Morgan fingerprint density at radius 3 is 2.43 bits per heavy atom. The molecular formula is C26H27NO7S. The summed E-state index contributed by atoms with van der Waals surface area (Å²) in [5, 5.41) is 11.2. The lowest BCUT2D eigenvalue weighted by atomic mass is 10.1. The van der Waals surface area contributed by atoms with Crippen molar-refractivity contribution in [1.82, 2.24) is 0 Å². The predicted molar refractivity (Wildman–Crippen MR) is 135 cm³/mol. The fourth-order valence-corrected chi connectivity index (χ4v) is 4.11. The molecular weight excluding hydrogens is 470 g/mol. The molecule has 1 heterocycles. The van der Waals surface area contributed by atoms with Crippen molar-refractivity contribution in [2.45, 2.75) is 20.8 Å². The zero-order valence-electron chi connectivity index (χ0n) is 20.0. The summed E-state index contributed by atoms with van der Waals surface area (Å²) in [6, 6.07) is 12.6. The van der Waals surface area contributed by atoms with E-state index in [1.54, 1.807) is 31.2 Å². The fourth-order valence-electron chi connectivity index (χ4n) is 3.08. The number of ether oxygens (including phenoxy) is 4. The Morgan fingerprint density at radius 1 is 1.03 bits per heavy atom. The number of aliphatic hydroxyl groups is 1. The minimum absolute atomic E-state index is 0.0201. The topological polar surface area (TPSA) is 104 Å². The molecule has 1 aliphatic heterocycles. The van der Waals surface area contributed by atoms with Gasteiger partial charge >= 0.3 is 11.9 Å². The second-order valence-corrected chi connectivity index (χ2v) is 8.34. The average Bonchev–Trinajstić information content (AvgIpc) is 3.14. The van der Waals surface area contributed by atoms with Crippen molar-refractivity contribution >= 4 is 40.5 Å². The van der Waals surface area contributed by atoms with E-state index in [9.17, 15) is 14.7 Å². The highest BCUT2D eigenvalue weighted by Crippen LogP contribution is 2.41. The van der Waals surface area contributed by atoms with E-state index in [-0.39, 0.29) is 24.5 Å². The highest BCUT2D eigenvalue weighted by molar-refractivity contribution is 8.18. The van der Waals surface area contributed by atoms with Crippen LogP contribution in [0.15, 0.2) is 63.7 Å². The molecule has 0 unspecified atom stereocenters. The SMILES string of the molecule is CCOC(=O)C1=C(O)C(=Cc2ccc(OCC(=O)OC)c(OCC)c2)SC1=Nc1ccc(C)cc1. The summed E-state index contributed by atoms with van der Waals surface area (Å²) in [5.74, 6) is -0.553. The van der Waals surface area contributed by atoms with E-state index in [0.29, 0.717) is 39.3 Å². The highest BCUT2D eigenvalue weighted by atomic mass is 32.2. The van der Waals surface area contributed by atoms with E-state index in [0.717, 1.165) is 5.56 Å². The lowest BCUT2D eigenvalue weighted by Gasteiger charge is -2.12. The highest BCUT2D eigenvalue weighted by Gasteiger charge is 2.33. The Balaban J connectivity index is 1.96. The van der Waals surface area contributed by atoms with Gasteiger partial charge in [-0.15, -0.1) is 0 Å². The van der Waals surface area contributed by atoms with Crippen LogP contribution in [0.4, 0.5) is 5.69 Å². The summed E-state index contributed by atoms with van der Waals surface area (Å²) >= 11 is 1.17. The second-order valence-electron chi connectivity index (χ2n) is 7.31. The van der Waals surface area contributed by atoms with Gasteiger partial charge in [-0.05, 0) is 56.7 Å². The number of nitrogens with zero attached hydrogens (tertiary/aromatic N) is 1. The van der Waals surface area contributed by atoms with Gasteiger partial charge in [-0.3, -0.25) is 0 Å². The van der Waals surface area contributed by atoms with Crippen LogP contribution in [0.25, 0.3) is 6.08 Å². The second kappa shape index (κ2) is 12.1. The van der Waals surface area contributed by atoms with E-state index in [2.05, 4.69) is 9.73 Å². The van der Waals surface area contributed by atoms with Gasteiger partial charge < -0.3 is 24.1 Å². The van der Waals surface area contributed by atoms with E-state index < -0.39 is 11.9 Å². The molecule has 0 atom stereocenters. The Labute approximate surface area is 208 Å². The van der Waals surface area contributed by atoms with E-state index in [1.807, 2.05) is 38.1 Å². The summed E-state index contributed by atoms with van der Waals surface area (Å²) in [4.78, 5) is 29.0. The molecule has 35 heavy (non-hydrogen) atoms. The van der Waals surface area contributed by atoms with Crippen LogP contribution >= 0.6 is 11.8 Å². The average molecular weight is 498 g/mol. The Hall–Kier alpha value is -3.72. The third kappa shape index (κ3) is 6.66. The number of benzene rings is 2. The number of methoxy groups -OCH3 is 1. The normalized spacial score (nSPS) is 15.4. The molecule has 2 aromatic carbocycles. The molecule has 0 aromatic heterocycles. The maximum Gasteiger partial charge on any atom is 0.344 e. The summed E-state index contributed by atoms with van der Waals surface area (Å²) in [6.45, 7) is 5.80. The smallest absolute Gasteiger partial charge is 0.344 e. The van der Waals surface area contributed by atoms with Gasteiger partial charge in [0.1, 0.15) is 16.4 Å². The third-order valence-corrected chi connectivity index (χ3v) is 5.79. The quantitative estimate of drug-likeness (QED) is 0.475. The van der Waals surface area contributed by atoms with E-state index >= 15 is 0 Å². The summed E-state index contributed by atoms with van der Waals surface area (Å²) in [7, 11) is 1.28. The van der Waals surface area contributed by atoms with Gasteiger partial charge in [0.25, 0.3) is 0 Å². The van der Waals surface area contributed by atoms with Gasteiger partial charge in [0.2, 0.25) is 0 Å². The van der Waals surface area contributed by atoms with Crippen molar-refractivity contribution in [3.8, 4) is 11.5 Å². The molecule has 0 fully saturated rings. The maximum atomic E-state index is 12.6. The number of aryl methyl sites for hydroxylation is 1. The van der Waals surface area contributed by atoms with Gasteiger partial charge in [0.15, 0.2) is 18.1 Å². The number of carbonyl (C=O) groups excluding carboxylic acids is 2. The minimum Gasteiger partial charge on any atom is -0.506 e. The van der Waals surface area contributed by atoms with Crippen LogP contribution in [0.3, 0.4) is 0 Å². The zero-order chi connectivity index (χ0) is 25.4. The number of hydrogen-bond donors (Lipinski definition) is 1. The van der Waals surface area contributed by atoms with Crippen molar-refractivity contribution in [3.63, 3.8) is 0 Å². The number of carbonyl (C=O) groups is 2. The van der Waals surface area contributed by atoms with Gasteiger partial charge in [0.05, 0.1) is 30.9 Å². The van der Waals surface area contributed by atoms with Crippen LogP contribution in [-0.2, 0) is 19.1 Å². The van der Waals surface area contributed by atoms with E-state index in [4.69, 9.17) is 14.2 Å². The molecule has 0 saturated carbocycles. The van der Waals surface area contributed by atoms with Crippen LogP contribution < -0.4 is 9.47 Å². The molecule has 3 rings (SSSR count). The Kier molecular flexibility index (Phi) is 8.97. The molecule has 1 N–H and O–H groups in total. The maximum absolute atomic E-state index is 12.6. The van der Waals surface area contributed by atoms with Gasteiger partial charge in [-0.25, -0.2) is 14.6 Å². The number of aliphatic hydroxyl groups excluding tert-OH is 1. The number of rotatable bonds is 9. The van der Waals surface area contributed by atoms with Gasteiger partial charge in [-0.1, -0.05) is 35.5 Å². The molecule has 0 bridgehead atoms. The largest absolute Gasteiger partial charge is 0.506 e. The fraction of sp³-hybridized carbons (Fsp3) is 0.269. The Bertz CT molecular complexity index is 1180. The van der Waals surface area contributed by atoms with Crippen molar-refractivity contribution in [1.29, 1.82) is 0 Å². The van der Waals surface area contributed by atoms with Crippen molar-refractivity contribution in [2.24, 2.45) is 4.99 Å². The summed E-state index contributed by atoms with van der Waals surface area (Å²) in [5.41, 5.74) is 2.45. The molecule has 0 spiro atoms. The first-order valence-electron chi connectivity index (χ1n) is 11.0. The van der Waals surface area contributed by atoms with Crippen molar-refractivity contribution in [2.75, 3.05) is 26.9 Å². The third-order valence-electron chi connectivity index (χ3n) is 4.77. The lowest BCUT2D eigenvalue weighted by Crippen LogP contribution is -2.13. The standard InChI is InChI=1S/C26H27NO7S/c1-5-32-20-13-17(9-12-19(20)34-15-22(28)31-4)14-21-24(29)23(26(30)33-6-2)25(35-21)27-18-10-7-16(3)8-11-18/h7-14,29H,5-6,15H2,1-4H3. The van der Waals surface area contributed by atoms with Crippen LogP contribution in [-0.4, -0.2) is 49.0 Å². The van der Waals surface area contributed by atoms with Gasteiger partial charge in [-0.2, -0.15) is 0 Å². The molecule has 9 heteroatoms. The molecule has 0 saturated heterocycles. The Morgan fingerprint density at radius 2 is 1.77 bits per heavy atom. The number of esters is 2. The van der Waals surface area contributed by atoms with Crippen LogP contribution in [0.2, 0.25) is 0 Å². The first-order valence-corrected chi connectivity index (χ1v) is 11.8. The monoisotopic (exact) mass is 497 g/mol. The predicted octanol–water partition coefficient (Wildman–Crippen LogP) is 5.14. The van der Waals surface area contributed by atoms with Crippen LogP contribution in [0.5, 0.6) is 11.5 Å². The first kappa shape index (κ1) is 25.9. The van der Waals surface area contributed by atoms with E-state index in [1.165, 1.54) is 18.9 Å². The summed E-state index contributed by atoms with van der Waals surface area (Å²) in [6.07, 6.45) is 1.71. The van der Waals surface area contributed by atoms with Crippen molar-refractivity contribution in [3.05, 3.63) is 69.8 Å².